The van der Waals surface area contributed by atoms with Gasteiger partial charge in [0.2, 0.25) is 0 Å². The number of hydrogen-bond donors (Lipinski definition) is 3. The van der Waals surface area contributed by atoms with Gasteiger partial charge in [0.1, 0.15) is 11.5 Å². The number of nitrogens with one attached hydrogen (secondary N) is 3. The molecule has 5 nitrogen and oxygen atoms in total. The molecule has 7 heteroatoms. The average Bonchev–Trinajstić information content (AvgIpc) is 3.11. The van der Waals surface area contributed by atoms with Crippen molar-refractivity contribution >= 4 is 17.2 Å². The lowest BCUT2D eigenvalue weighted by molar-refractivity contribution is 0.0927. The summed E-state index contributed by atoms with van der Waals surface area (Å²) in [4.78, 5) is 16.7. The molecular formula is C16H19FN4OS. The zero-order valence-corrected chi connectivity index (χ0v) is 13.8. The Hall–Kier alpha value is -1.83. The Balaban J connectivity index is 1.67. The number of carbonyl (C=O) groups is 1. The molecule has 3 rings (SSSR count). The first-order valence-corrected chi connectivity index (χ1v) is 8.42. The molecule has 2 unspecified atom stereocenters. The fourth-order valence-corrected chi connectivity index (χ4v) is 3.45. The maximum Gasteiger partial charge on any atom is 0.271 e. The van der Waals surface area contributed by atoms with Gasteiger partial charge in [-0.15, -0.1) is 11.3 Å². The number of nitrogens with zero attached hydrogens (tertiary/aromatic N) is 1. The summed E-state index contributed by atoms with van der Waals surface area (Å²) in [6.45, 7) is 4.01. The lowest BCUT2D eigenvalue weighted by Crippen LogP contribution is -2.46. The van der Waals surface area contributed by atoms with Crippen molar-refractivity contribution in [1.82, 2.24) is 21.2 Å². The van der Waals surface area contributed by atoms with Gasteiger partial charge < -0.3 is 5.32 Å². The first-order chi connectivity index (χ1) is 11.0. The minimum Gasteiger partial charge on any atom is -0.345 e. The Morgan fingerprint density at radius 3 is 2.70 bits per heavy atom. The normalized spacial score (nSPS) is 23.9. The van der Waals surface area contributed by atoms with Crippen LogP contribution >= 0.6 is 11.3 Å². The average molecular weight is 334 g/mol. The number of benzene rings is 1. The number of hydrazine groups is 1. The van der Waals surface area contributed by atoms with Crippen LogP contribution in [0.1, 0.15) is 34.9 Å². The van der Waals surface area contributed by atoms with E-state index in [-0.39, 0.29) is 29.8 Å². The fourth-order valence-electron chi connectivity index (χ4n) is 2.65. The molecule has 0 radical (unpaired) electrons. The predicted molar refractivity (Wildman–Crippen MR) is 87.8 cm³/mol. The molecule has 0 spiro atoms. The molecule has 0 aliphatic carbocycles. The van der Waals surface area contributed by atoms with Gasteiger partial charge in [0, 0.05) is 23.9 Å². The summed E-state index contributed by atoms with van der Waals surface area (Å²) in [5, 5.41) is 5.43. The van der Waals surface area contributed by atoms with Crippen LogP contribution in [0.4, 0.5) is 4.39 Å². The van der Waals surface area contributed by atoms with Gasteiger partial charge in [-0.05, 0) is 25.5 Å². The van der Waals surface area contributed by atoms with E-state index in [0.29, 0.717) is 17.7 Å². The maximum absolute atomic E-state index is 13.7. The van der Waals surface area contributed by atoms with E-state index in [9.17, 15) is 9.18 Å². The summed E-state index contributed by atoms with van der Waals surface area (Å²) < 4.78 is 13.7. The summed E-state index contributed by atoms with van der Waals surface area (Å²) in [5.74, 6) is -0.449. The van der Waals surface area contributed by atoms with Gasteiger partial charge in [-0.2, -0.15) is 0 Å². The van der Waals surface area contributed by atoms with Crippen LogP contribution in [-0.2, 0) is 6.42 Å². The van der Waals surface area contributed by atoms with Crippen LogP contribution in [0.15, 0.2) is 29.6 Å². The Morgan fingerprint density at radius 1 is 1.30 bits per heavy atom. The standard InChI is InChI=1S/C16H19FN4OS/c1-9-15(10(2)21-20-9)19-16(22)13-8-23-14(18-13)7-11-5-3-4-6-12(11)17/h3-6,8-10,15,20-21H,7H2,1-2H3,(H,19,22). The highest BCUT2D eigenvalue weighted by Crippen LogP contribution is 2.17. The molecule has 1 fully saturated rings. The van der Waals surface area contributed by atoms with E-state index in [1.807, 2.05) is 13.8 Å². The van der Waals surface area contributed by atoms with E-state index >= 15 is 0 Å². The monoisotopic (exact) mass is 334 g/mol. The van der Waals surface area contributed by atoms with E-state index < -0.39 is 0 Å². The van der Waals surface area contributed by atoms with E-state index in [0.717, 1.165) is 5.01 Å². The molecule has 1 aromatic carbocycles. The second-order valence-corrected chi connectivity index (χ2v) is 6.70. The maximum atomic E-state index is 13.7. The van der Waals surface area contributed by atoms with E-state index in [1.54, 1.807) is 23.6 Å². The molecule has 1 saturated heterocycles. The van der Waals surface area contributed by atoms with Crippen molar-refractivity contribution < 1.29 is 9.18 Å². The molecule has 2 aromatic rings. The smallest absolute Gasteiger partial charge is 0.271 e. The molecule has 1 aliphatic heterocycles. The van der Waals surface area contributed by atoms with Gasteiger partial charge in [-0.3, -0.25) is 15.6 Å². The zero-order valence-electron chi connectivity index (χ0n) is 13.0. The number of amides is 1. The van der Waals surface area contributed by atoms with Crippen molar-refractivity contribution in [3.63, 3.8) is 0 Å². The van der Waals surface area contributed by atoms with Crippen LogP contribution < -0.4 is 16.2 Å². The second kappa shape index (κ2) is 6.74. The summed E-state index contributed by atoms with van der Waals surface area (Å²) in [7, 11) is 0. The van der Waals surface area contributed by atoms with Gasteiger partial charge in [0.15, 0.2) is 0 Å². The number of aromatic nitrogens is 1. The highest BCUT2D eigenvalue weighted by molar-refractivity contribution is 7.09. The quantitative estimate of drug-likeness (QED) is 0.798. The van der Waals surface area contributed by atoms with Crippen molar-refractivity contribution in [2.45, 2.75) is 38.4 Å². The number of carbonyl (C=O) groups excluding carboxylic acids is 1. The number of hydrogen-bond acceptors (Lipinski definition) is 5. The van der Waals surface area contributed by atoms with E-state index in [4.69, 9.17) is 0 Å². The summed E-state index contributed by atoms with van der Waals surface area (Å²) in [5.41, 5.74) is 7.16. The lowest BCUT2D eigenvalue weighted by atomic mass is 10.1. The van der Waals surface area contributed by atoms with Crippen LogP contribution in [0, 0.1) is 5.82 Å². The first-order valence-electron chi connectivity index (χ1n) is 7.54. The Labute approximate surface area is 138 Å². The van der Waals surface area contributed by atoms with Gasteiger partial charge in [-0.25, -0.2) is 9.37 Å². The van der Waals surface area contributed by atoms with Crippen LogP contribution in [-0.4, -0.2) is 29.0 Å². The molecule has 0 bridgehead atoms. The molecule has 2 atom stereocenters. The van der Waals surface area contributed by atoms with Crippen molar-refractivity contribution in [3.05, 3.63) is 51.7 Å². The largest absolute Gasteiger partial charge is 0.345 e. The van der Waals surface area contributed by atoms with Crippen LogP contribution in [0.25, 0.3) is 0 Å². The van der Waals surface area contributed by atoms with Crippen LogP contribution in [0.2, 0.25) is 0 Å². The predicted octanol–water partition coefficient (Wildman–Crippen LogP) is 1.86. The third-order valence-electron chi connectivity index (χ3n) is 4.00. The second-order valence-electron chi connectivity index (χ2n) is 5.76. The Kier molecular flexibility index (Phi) is 4.70. The molecular weight excluding hydrogens is 315 g/mol. The van der Waals surface area contributed by atoms with Gasteiger partial charge in [-0.1, -0.05) is 18.2 Å². The van der Waals surface area contributed by atoms with Crippen molar-refractivity contribution in [1.29, 1.82) is 0 Å². The molecule has 0 saturated carbocycles. The topological polar surface area (TPSA) is 66.0 Å². The van der Waals surface area contributed by atoms with Crippen LogP contribution in [0.5, 0.6) is 0 Å². The molecule has 23 heavy (non-hydrogen) atoms. The molecule has 3 N–H and O–H groups in total. The minimum atomic E-state index is -0.251. The molecule has 1 amide bonds. The Bertz CT molecular complexity index is 695. The lowest BCUT2D eigenvalue weighted by Gasteiger charge is -2.18. The van der Waals surface area contributed by atoms with Crippen LogP contribution in [0.3, 0.4) is 0 Å². The third-order valence-corrected chi connectivity index (χ3v) is 4.85. The summed E-state index contributed by atoms with van der Waals surface area (Å²) >= 11 is 1.37. The van der Waals surface area contributed by atoms with Gasteiger partial charge in [0.25, 0.3) is 5.91 Å². The van der Waals surface area contributed by atoms with Gasteiger partial charge >= 0.3 is 0 Å². The summed E-state index contributed by atoms with van der Waals surface area (Å²) in [6, 6.07) is 6.90. The highest BCUT2D eigenvalue weighted by Gasteiger charge is 2.31. The number of thiazole rings is 1. The minimum absolute atomic E-state index is 0.000724. The highest BCUT2D eigenvalue weighted by atomic mass is 32.1. The molecule has 1 aromatic heterocycles. The van der Waals surface area contributed by atoms with Crippen molar-refractivity contribution in [3.8, 4) is 0 Å². The number of halogens is 1. The SMILES string of the molecule is CC1NNC(C)C1NC(=O)c1csc(Cc2ccccc2F)n1. The first kappa shape index (κ1) is 16.0. The van der Waals surface area contributed by atoms with Crippen molar-refractivity contribution in [2.75, 3.05) is 0 Å². The zero-order chi connectivity index (χ0) is 16.4. The third kappa shape index (κ3) is 3.57. The molecule has 1 aliphatic rings. The van der Waals surface area contributed by atoms with E-state index in [1.165, 1.54) is 17.4 Å². The number of rotatable bonds is 4. The fraction of sp³-hybridized carbons (Fsp3) is 0.375. The van der Waals surface area contributed by atoms with Crippen molar-refractivity contribution in [2.24, 2.45) is 0 Å². The van der Waals surface area contributed by atoms with E-state index in [2.05, 4.69) is 21.2 Å². The molecule has 122 valence electrons. The summed E-state index contributed by atoms with van der Waals surface area (Å²) in [6.07, 6.45) is 0.393. The Morgan fingerprint density at radius 2 is 2.00 bits per heavy atom. The van der Waals surface area contributed by atoms with Gasteiger partial charge in [0.05, 0.1) is 11.0 Å². The molecule has 2 heterocycles.